The van der Waals surface area contributed by atoms with Crippen LogP contribution >= 0.6 is 0 Å². The summed E-state index contributed by atoms with van der Waals surface area (Å²) in [4.78, 5) is 51.3. The van der Waals surface area contributed by atoms with Crippen LogP contribution in [-0.4, -0.2) is 57.8 Å². The van der Waals surface area contributed by atoms with Crippen molar-refractivity contribution in [3.63, 3.8) is 0 Å². The third kappa shape index (κ3) is 3.76. The summed E-state index contributed by atoms with van der Waals surface area (Å²) in [6.07, 6.45) is -1.02. The monoisotopic (exact) mass is 391 g/mol. The molecule has 9 heteroatoms. The summed E-state index contributed by atoms with van der Waals surface area (Å²) < 4.78 is 5.22. The van der Waals surface area contributed by atoms with Gasteiger partial charge in [0.1, 0.15) is 6.61 Å². The van der Waals surface area contributed by atoms with Crippen molar-refractivity contribution in [3.05, 3.63) is 35.9 Å². The number of nitrogens with two attached hydrogens (primary N) is 2. The maximum atomic E-state index is 12.9. The largest absolute Gasteiger partial charge is 0.479 e. The van der Waals surface area contributed by atoms with Gasteiger partial charge in [-0.3, -0.25) is 14.5 Å². The summed E-state index contributed by atoms with van der Waals surface area (Å²) in [6, 6.07) is 6.59. The summed E-state index contributed by atoms with van der Waals surface area (Å²) in [6.45, 7) is 2.47. The zero-order valence-corrected chi connectivity index (χ0v) is 15.8. The van der Waals surface area contributed by atoms with Gasteiger partial charge in [-0.15, -0.1) is 0 Å². The molecule has 28 heavy (non-hydrogen) atoms. The first-order valence-corrected chi connectivity index (χ1v) is 8.94. The predicted molar refractivity (Wildman–Crippen MR) is 99.1 cm³/mol. The third-order valence-electron chi connectivity index (χ3n) is 4.90. The molecule has 4 unspecified atom stereocenters. The van der Waals surface area contributed by atoms with Gasteiger partial charge in [-0.05, 0) is 25.8 Å². The van der Waals surface area contributed by atoms with Crippen LogP contribution in [0.3, 0.4) is 0 Å². The van der Waals surface area contributed by atoms with E-state index in [0.29, 0.717) is 5.56 Å². The van der Waals surface area contributed by atoms with Gasteiger partial charge < -0.3 is 21.3 Å². The fraction of sp³-hybridized carbons (Fsp3) is 0.474. The second-order valence-electron chi connectivity index (χ2n) is 6.95. The van der Waals surface area contributed by atoms with Crippen molar-refractivity contribution in [1.82, 2.24) is 4.90 Å². The quantitative estimate of drug-likeness (QED) is 0.561. The van der Waals surface area contributed by atoms with Crippen LogP contribution in [0.15, 0.2) is 30.3 Å². The Bertz CT molecular complexity index is 764. The standard InChI is InChI=1S/C19H25N3O6/c1-11(20)15(23)14-8-9-22(19(14,17(25)26)16(24)12(2)21)18(27)28-10-13-6-4-3-5-7-13/h3-7,11-12,14H,8-10,20-21H2,1-2H3,(H,25,26). The average molecular weight is 391 g/mol. The maximum absolute atomic E-state index is 12.9. The highest BCUT2D eigenvalue weighted by molar-refractivity contribution is 6.16. The van der Waals surface area contributed by atoms with Crippen LogP contribution in [0.1, 0.15) is 25.8 Å². The summed E-state index contributed by atoms with van der Waals surface area (Å²) in [5.74, 6) is -4.47. The highest BCUT2D eigenvalue weighted by atomic mass is 16.6. The van der Waals surface area contributed by atoms with E-state index >= 15 is 0 Å². The fourth-order valence-corrected chi connectivity index (χ4v) is 3.55. The van der Waals surface area contributed by atoms with Crippen LogP contribution < -0.4 is 11.5 Å². The van der Waals surface area contributed by atoms with E-state index in [9.17, 15) is 24.3 Å². The van der Waals surface area contributed by atoms with E-state index in [1.165, 1.54) is 13.8 Å². The van der Waals surface area contributed by atoms with E-state index in [0.717, 1.165) is 4.90 Å². The Kier molecular flexibility index (Phi) is 6.52. The second kappa shape index (κ2) is 8.49. The molecular weight excluding hydrogens is 366 g/mol. The molecule has 0 aromatic heterocycles. The minimum atomic E-state index is -2.44. The molecular formula is C19H25N3O6. The van der Waals surface area contributed by atoms with E-state index in [1.54, 1.807) is 30.3 Å². The van der Waals surface area contributed by atoms with Gasteiger partial charge in [0.15, 0.2) is 11.6 Å². The number of Topliss-reactive ketones (excluding diaryl/α,β-unsaturated/α-hetero) is 2. The Labute approximate surface area is 162 Å². The van der Waals surface area contributed by atoms with Crippen LogP contribution in [0, 0.1) is 5.92 Å². The first-order valence-electron chi connectivity index (χ1n) is 8.94. The number of amides is 1. The van der Waals surface area contributed by atoms with Crippen molar-refractivity contribution >= 4 is 23.6 Å². The number of aliphatic carboxylic acids is 1. The minimum Gasteiger partial charge on any atom is -0.479 e. The van der Waals surface area contributed by atoms with E-state index < -0.39 is 47.2 Å². The van der Waals surface area contributed by atoms with E-state index in [-0.39, 0.29) is 19.6 Å². The van der Waals surface area contributed by atoms with Crippen LogP contribution in [0.25, 0.3) is 0 Å². The molecule has 1 heterocycles. The number of hydrogen-bond donors (Lipinski definition) is 3. The molecule has 0 saturated carbocycles. The SMILES string of the molecule is CC(N)C(=O)C1CCN(C(=O)OCc2ccccc2)C1(C(=O)O)C(=O)C(C)N. The Morgan fingerprint density at radius 1 is 1.18 bits per heavy atom. The molecule has 5 N–H and O–H groups in total. The highest BCUT2D eigenvalue weighted by Crippen LogP contribution is 2.39. The molecule has 0 radical (unpaired) electrons. The number of benzene rings is 1. The molecule has 1 amide bonds. The normalized spacial score (nSPS) is 23.7. The van der Waals surface area contributed by atoms with Gasteiger partial charge in [0.25, 0.3) is 0 Å². The lowest BCUT2D eigenvalue weighted by Gasteiger charge is -2.37. The summed E-state index contributed by atoms with van der Waals surface area (Å²) in [5.41, 5.74) is 9.57. The van der Waals surface area contributed by atoms with E-state index in [1.807, 2.05) is 0 Å². The van der Waals surface area contributed by atoms with Crippen molar-refractivity contribution < 1.29 is 29.0 Å². The molecule has 1 fully saturated rings. The van der Waals surface area contributed by atoms with Gasteiger partial charge in [-0.1, -0.05) is 30.3 Å². The molecule has 1 saturated heterocycles. The summed E-state index contributed by atoms with van der Waals surface area (Å²) in [5, 5.41) is 9.97. The fourth-order valence-electron chi connectivity index (χ4n) is 3.55. The van der Waals surface area contributed by atoms with Gasteiger partial charge >= 0.3 is 12.1 Å². The molecule has 1 aliphatic heterocycles. The molecule has 9 nitrogen and oxygen atoms in total. The molecule has 1 aliphatic rings. The number of likely N-dealkylation sites (tertiary alicyclic amines) is 1. The lowest BCUT2D eigenvalue weighted by Crippen LogP contribution is -2.67. The Morgan fingerprint density at radius 3 is 2.29 bits per heavy atom. The number of rotatable bonds is 7. The third-order valence-corrected chi connectivity index (χ3v) is 4.90. The van der Waals surface area contributed by atoms with E-state index in [4.69, 9.17) is 16.2 Å². The first kappa shape index (κ1) is 21.5. The lowest BCUT2D eigenvalue weighted by molar-refractivity contribution is -0.160. The summed E-state index contributed by atoms with van der Waals surface area (Å²) in [7, 11) is 0. The Balaban J connectivity index is 2.40. The van der Waals surface area contributed by atoms with Gasteiger partial charge in [-0.25, -0.2) is 9.59 Å². The maximum Gasteiger partial charge on any atom is 0.411 e. The van der Waals surface area contributed by atoms with Crippen molar-refractivity contribution in [2.24, 2.45) is 17.4 Å². The highest BCUT2D eigenvalue weighted by Gasteiger charge is 2.65. The topological polar surface area (TPSA) is 153 Å². The number of carbonyl (C=O) groups excluding carboxylic acids is 3. The average Bonchev–Trinajstić information content (AvgIpc) is 3.06. The van der Waals surface area contributed by atoms with Crippen LogP contribution in [0.4, 0.5) is 4.79 Å². The number of hydrogen-bond acceptors (Lipinski definition) is 7. The van der Waals surface area contributed by atoms with Crippen LogP contribution in [0.2, 0.25) is 0 Å². The smallest absolute Gasteiger partial charge is 0.411 e. The zero-order chi connectivity index (χ0) is 21.1. The number of ketones is 2. The van der Waals surface area contributed by atoms with Crippen molar-refractivity contribution in [3.8, 4) is 0 Å². The molecule has 4 atom stereocenters. The Morgan fingerprint density at radius 2 is 1.79 bits per heavy atom. The number of carbonyl (C=O) groups is 4. The predicted octanol–water partition coefficient (Wildman–Crippen LogP) is 0.301. The Hall–Kier alpha value is -2.78. The van der Waals surface area contributed by atoms with Crippen LogP contribution in [-0.2, 0) is 25.7 Å². The van der Waals surface area contributed by atoms with Crippen molar-refractivity contribution in [2.75, 3.05) is 6.54 Å². The number of ether oxygens (including phenoxy) is 1. The van der Waals surface area contributed by atoms with Crippen molar-refractivity contribution in [2.45, 2.75) is 44.5 Å². The van der Waals surface area contributed by atoms with Gasteiger partial charge in [-0.2, -0.15) is 0 Å². The number of carboxylic acid groups (broad SMARTS) is 1. The minimum absolute atomic E-state index is 0.0223. The van der Waals surface area contributed by atoms with Gasteiger partial charge in [0, 0.05) is 6.54 Å². The molecule has 152 valence electrons. The van der Waals surface area contributed by atoms with Crippen molar-refractivity contribution in [1.29, 1.82) is 0 Å². The molecule has 0 bridgehead atoms. The number of nitrogens with zero attached hydrogens (tertiary/aromatic N) is 1. The van der Waals surface area contributed by atoms with Crippen LogP contribution in [0.5, 0.6) is 0 Å². The van der Waals surface area contributed by atoms with Gasteiger partial charge in [0.05, 0.1) is 18.0 Å². The molecule has 0 aliphatic carbocycles. The van der Waals surface area contributed by atoms with Gasteiger partial charge in [0.2, 0.25) is 5.54 Å². The molecule has 2 rings (SSSR count). The van der Waals surface area contributed by atoms with E-state index in [2.05, 4.69) is 0 Å². The number of carboxylic acids is 1. The zero-order valence-electron chi connectivity index (χ0n) is 15.8. The first-order chi connectivity index (χ1) is 13.1. The lowest BCUT2D eigenvalue weighted by atomic mass is 9.75. The molecule has 1 aromatic rings. The second-order valence-corrected chi connectivity index (χ2v) is 6.95. The summed E-state index contributed by atoms with van der Waals surface area (Å²) >= 11 is 0. The molecule has 1 aromatic carbocycles. The molecule has 0 spiro atoms.